The molecule has 0 saturated carbocycles. The van der Waals surface area contributed by atoms with Crippen molar-refractivity contribution in [3.63, 3.8) is 0 Å². The fourth-order valence-corrected chi connectivity index (χ4v) is 2.52. The van der Waals surface area contributed by atoms with E-state index in [-0.39, 0.29) is 23.6 Å². The lowest BCUT2D eigenvalue weighted by Gasteiger charge is -2.10. The Kier molecular flexibility index (Phi) is 4.04. The summed E-state index contributed by atoms with van der Waals surface area (Å²) in [6.45, 7) is 3.84. The van der Waals surface area contributed by atoms with Gasteiger partial charge in [0.05, 0.1) is 4.92 Å². The molecular weight excluding hydrogens is 310 g/mol. The van der Waals surface area contributed by atoms with Gasteiger partial charge >= 0.3 is 11.3 Å². The molecule has 0 unspecified atom stereocenters. The largest absolute Gasteiger partial charge is 0.482 e. The molecule has 0 spiro atoms. The first-order valence-corrected chi connectivity index (χ1v) is 7.36. The van der Waals surface area contributed by atoms with Gasteiger partial charge in [-0.15, -0.1) is 0 Å². The van der Waals surface area contributed by atoms with Crippen LogP contribution in [0, 0.1) is 24.0 Å². The second-order valence-corrected chi connectivity index (χ2v) is 5.54. The Balaban J connectivity index is 2.05. The number of aryl methyl sites for hydroxylation is 2. The number of fused-ring (bicyclic) bond motifs is 1. The van der Waals surface area contributed by atoms with Crippen LogP contribution < -0.4 is 10.4 Å². The zero-order valence-corrected chi connectivity index (χ0v) is 13.2. The first-order chi connectivity index (χ1) is 11.5. The summed E-state index contributed by atoms with van der Waals surface area (Å²) in [5, 5.41) is 11.9. The lowest BCUT2D eigenvalue weighted by molar-refractivity contribution is -0.385. The van der Waals surface area contributed by atoms with Crippen molar-refractivity contribution in [1.29, 1.82) is 0 Å². The van der Waals surface area contributed by atoms with Crippen LogP contribution in [-0.2, 0) is 6.61 Å². The Morgan fingerprint density at radius 3 is 2.58 bits per heavy atom. The number of nitro benzene ring substituents is 1. The van der Waals surface area contributed by atoms with E-state index in [1.54, 1.807) is 6.92 Å². The monoisotopic (exact) mass is 325 g/mol. The molecule has 0 radical (unpaired) electrons. The molecule has 0 saturated heterocycles. The molecule has 0 fully saturated rings. The maximum absolute atomic E-state index is 11.5. The van der Waals surface area contributed by atoms with E-state index in [2.05, 4.69) is 0 Å². The summed E-state index contributed by atoms with van der Waals surface area (Å²) >= 11 is 0. The molecule has 0 aliphatic heterocycles. The van der Waals surface area contributed by atoms with Gasteiger partial charge in [0.1, 0.15) is 12.2 Å². The molecule has 0 aliphatic rings. The predicted octanol–water partition coefficient (Wildman–Crippen LogP) is 3.90. The summed E-state index contributed by atoms with van der Waals surface area (Å²) in [7, 11) is 0. The number of nitro groups is 1. The molecule has 6 heteroatoms. The van der Waals surface area contributed by atoms with E-state index in [0.29, 0.717) is 10.9 Å². The van der Waals surface area contributed by atoms with Crippen LogP contribution in [0.15, 0.2) is 51.7 Å². The lowest BCUT2D eigenvalue weighted by Crippen LogP contribution is -2.03. The number of rotatable bonds is 4. The van der Waals surface area contributed by atoms with Crippen LogP contribution in [0.3, 0.4) is 0 Å². The van der Waals surface area contributed by atoms with E-state index in [1.807, 2.05) is 31.2 Å². The normalized spacial score (nSPS) is 10.8. The van der Waals surface area contributed by atoms with Gasteiger partial charge in [-0.3, -0.25) is 10.1 Å². The van der Waals surface area contributed by atoms with E-state index < -0.39 is 10.5 Å². The maximum atomic E-state index is 11.5. The van der Waals surface area contributed by atoms with E-state index >= 15 is 0 Å². The van der Waals surface area contributed by atoms with Gasteiger partial charge in [-0.05, 0) is 30.5 Å². The highest BCUT2D eigenvalue weighted by molar-refractivity contribution is 5.85. The van der Waals surface area contributed by atoms with Gasteiger partial charge in [-0.1, -0.05) is 24.3 Å². The van der Waals surface area contributed by atoms with Crippen molar-refractivity contribution >= 4 is 16.7 Å². The minimum Gasteiger partial charge on any atom is -0.482 e. The first kappa shape index (κ1) is 15.7. The van der Waals surface area contributed by atoms with Crippen molar-refractivity contribution in [3.05, 3.63) is 79.7 Å². The van der Waals surface area contributed by atoms with Crippen molar-refractivity contribution in [2.45, 2.75) is 20.5 Å². The Morgan fingerprint density at radius 2 is 1.88 bits per heavy atom. The SMILES string of the molecule is Cc1ccccc1COc1cc2oc(=O)cc(C)c2cc1[N+](=O)[O-]. The molecule has 2 aromatic carbocycles. The second-order valence-electron chi connectivity index (χ2n) is 5.54. The number of hydrogen-bond acceptors (Lipinski definition) is 5. The van der Waals surface area contributed by atoms with Crippen LogP contribution in [-0.4, -0.2) is 4.92 Å². The van der Waals surface area contributed by atoms with Crippen LogP contribution in [0.5, 0.6) is 5.75 Å². The second kappa shape index (κ2) is 6.16. The molecule has 122 valence electrons. The van der Waals surface area contributed by atoms with Crippen molar-refractivity contribution in [2.24, 2.45) is 0 Å². The molecule has 1 aromatic heterocycles. The van der Waals surface area contributed by atoms with E-state index in [0.717, 1.165) is 11.1 Å². The van der Waals surface area contributed by atoms with Gasteiger partial charge in [-0.25, -0.2) is 4.79 Å². The molecule has 0 aliphatic carbocycles. The molecule has 1 heterocycles. The fourth-order valence-electron chi connectivity index (χ4n) is 2.52. The summed E-state index contributed by atoms with van der Waals surface area (Å²) in [4.78, 5) is 22.4. The smallest absolute Gasteiger partial charge is 0.336 e. The summed E-state index contributed by atoms with van der Waals surface area (Å²) < 4.78 is 10.8. The van der Waals surface area contributed by atoms with Crippen LogP contribution in [0.2, 0.25) is 0 Å². The quantitative estimate of drug-likeness (QED) is 0.413. The van der Waals surface area contributed by atoms with Crippen molar-refractivity contribution in [3.8, 4) is 5.75 Å². The van der Waals surface area contributed by atoms with E-state index in [4.69, 9.17) is 9.15 Å². The van der Waals surface area contributed by atoms with Crippen molar-refractivity contribution in [2.75, 3.05) is 0 Å². The molecule has 6 nitrogen and oxygen atoms in total. The zero-order chi connectivity index (χ0) is 17.3. The van der Waals surface area contributed by atoms with Gasteiger partial charge in [-0.2, -0.15) is 0 Å². The number of nitrogens with zero attached hydrogens (tertiary/aromatic N) is 1. The lowest BCUT2D eigenvalue weighted by atomic mass is 10.1. The number of hydrogen-bond donors (Lipinski definition) is 0. The van der Waals surface area contributed by atoms with Crippen LogP contribution in [0.1, 0.15) is 16.7 Å². The summed E-state index contributed by atoms with van der Waals surface area (Å²) in [6, 6.07) is 11.7. The van der Waals surface area contributed by atoms with Crippen LogP contribution in [0.4, 0.5) is 5.69 Å². The molecule has 24 heavy (non-hydrogen) atoms. The van der Waals surface area contributed by atoms with Crippen molar-refractivity contribution in [1.82, 2.24) is 0 Å². The molecular formula is C18H15NO5. The average molecular weight is 325 g/mol. The average Bonchev–Trinajstić information content (AvgIpc) is 2.53. The van der Waals surface area contributed by atoms with Gasteiger partial charge in [0.2, 0.25) is 5.75 Å². The molecule has 0 atom stereocenters. The summed E-state index contributed by atoms with van der Waals surface area (Å²) in [5.41, 5.74) is 2.19. The summed E-state index contributed by atoms with van der Waals surface area (Å²) in [5.74, 6) is 0.0736. The number of ether oxygens (including phenoxy) is 1. The summed E-state index contributed by atoms with van der Waals surface area (Å²) in [6.07, 6.45) is 0. The van der Waals surface area contributed by atoms with Gasteiger partial charge in [0.25, 0.3) is 0 Å². The Morgan fingerprint density at radius 1 is 1.12 bits per heavy atom. The standard InChI is InChI=1S/C18H15NO5/c1-11-5-3-4-6-13(11)10-23-17-9-16-14(8-15(17)19(21)22)12(2)7-18(20)24-16/h3-9H,10H2,1-2H3. The molecule has 0 bridgehead atoms. The third-order valence-electron chi connectivity index (χ3n) is 3.87. The third kappa shape index (κ3) is 2.99. The van der Waals surface area contributed by atoms with Crippen LogP contribution in [0.25, 0.3) is 11.0 Å². The minimum atomic E-state index is -0.503. The van der Waals surface area contributed by atoms with E-state index in [1.165, 1.54) is 18.2 Å². The zero-order valence-electron chi connectivity index (χ0n) is 13.2. The molecule has 0 amide bonds. The third-order valence-corrected chi connectivity index (χ3v) is 3.87. The highest BCUT2D eigenvalue weighted by Gasteiger charge is 2.19. The van der Waals surface area contributed by atoms with Gasteiger partial charge in [0, 0.05) is 23.6 Å². The molecule has 0 N–H and O–H groups in total. The fraction of sp³-hybridized carbons (Fsp3) is 0.167. The Hall–Kier alpha value is -3.15. The van der Waals surface area contributed by atoms with Gasteiger partial charge < -0.3 is 9.15 Å². The van der Waals surface area contributed by atoms with Crippen LogP contribution >= 0.6 is 0 Å². The number of benzene rings is 2. The van der Waals surface area contributed by atoms with E-state index in [9.17, 15) is 14.9 Å². The molecule has 3 rings (SSSR count). The Bertz CT molecular complexity index is 990. The topological polar surface area (TPSA) is 82.6 Å². The molecule has 3 aromatic rings. The predicted molar refractivity (Wildman–Crippen MR) is 89.4 cm³/mol. The highest BCUT2D eigenvalue weighted by Crippen LogP contribution is 2.33. The maximum Gasteiger partial charge on any atom is 0.336 e. The highest BCUT2D eigenvalue weighted by atomic mass is 16.6. The van der Waals surface area contributed by atoms with Crippen molar-refractivity contribution < 1.29 is 14.1 Å². The Labute approximate surface area is 137 Å². The first-order valence-electron chi connectivity index (χ1n) is 7.36. The minimum absolute atomic E-state index is 0.0736. The van der Waals surface area contributed by atoms with Gasteiger partial charge in [0.15, 0.2) is 0 Å².